The molecule has 1 aliphatic carbocycles. The van der Waals surface area contributed by atoms with Crippen LogP contribution in [0.1, 0.15) is 31.4 Å². The Morgan fingerprint density at radius 2 is 1.80 bits per heavy atom. The molecule has 1 heterocycles. The maximum atomic E-state index is 12.4. The molecular formula is C21H22Cl3N3O3. The SMILES string of the molecule is O=C(COc1ccc(Cl)c(Cl)c1)N[C@H]1CC[C@H](C(=O)NCc2ccc(Cl)cn2)CC1. The zero-order valence-corrected chi connectivity index (χ0v) is 18.4. The summed E-state index contributed by atoms with van der Waals surface area (Å²) in [6.07, 6.45) is 4.49. The second-order valence-electron chi connectivity index (χ2n) is 7.17. The number of rotatable bonds is 7. The van der Waals surface area contributed by atoms with E-state index >= 15 is 0 Å². The molecule has 1 saturated carbocycles. The molecule has 3 rings (SSSR count). The fourth-order valence-corrected chi connectivity index (χ4v) is 3.72. The first-order valence-corrected chi connectivity index (χ1v) is 10.8. The first-order chi connectivity index (χ1) is 14.4. The van der Waals surface area contributed by atoms with Gasteiger partial charge in [0, 0.05) is 24.2 Å². The highest BCUT2D eigenvalue weighted by Crippen LogP contribution is 2.27. The Kier molecular flexibility index (Phi) is 8.19. The molecule has 1 aromatic heterocycles. The number of nitrogens with zero attached hydrogens (tertiary/aromatic N) is 1. The molecular weight excluding hydrogens is 449 g/mol. The lowest BCUT2D eigenvalue weighted by molar-refractivity contribution is -0.126. The van der Waals surface area contributed by atoms with Crippen molar-refractivity contribution in [3.05, 3.63) is 57.3 Å². The predicted octanol–water partition coefficient (Wildman–Crippen LogP) is 4.41. The largest absolute Gasteiger partial charge is 0.484 e. The minimum absolute atomic E-state index is 0.0134. The summed E-state index contributed by atoms with van der Waals surface area (Å²) in [6, 6.07) is 8.42. The van der Waals surface area contributed by atoms with Crippen LogP contribution in [0.5, 0.6) is 5.75 Å². The van der Waals surface area contributed by atoms with Crippen molar-refractivity contribution in [2.75, 3.05) is 6.61 Å². The highest BCUT2D eigenvalue weighted by molar-refractivity contribution is 6.42. The Labute approximate surface area is 190 Å². The lowest BCUT2D eigenvalue weighted by atomic mass is 9.85. The van der Waals surface area contributed by atoms with E-state index in [4.69, 9.17) is 39.5 Å². The second kappa shape index (κ2) is 10.8. The van der Waals surface area contributed by atoms with Gasteiger partial charge < -0.3 is 15.4 Å². The van der Waals surface area contributed by atoms with Gasteiger partial charge in [0.1, 0.15) is 5.75 Å². The van der Waals surface area contributed by atoms with Crippen LogP contribution in [0.2, 0.25) is 15.1 Å². The van der Waals surface area contributed by atoms with Crippen LogP contribution in [0.4, 0.5) is 0 Å². The normalized spacial score (nSPS) is 18.5. The van der Waals surface area contributed by atoms with E-state index in [-0.39, 0.29) is 30.4 Å². The molecule has 0 unspecified atom stereocenters. The summed E-state index contributed by atoms with van der Waals surface area (Å²) in [7, 11) is 0. The van der Waals surface area contributed by atoms with Crippen molar-refractivity contribution in [2.24, 2.45) is 5.92 Å². The Bertz CT molecular complexity index is 885. The summed E-state index contributed by atoms with van der Waals surface area (Å²) >= 11 is 17.6. The van der Waals surface area contributed by atoms with E-state index in [0.29, 0.717) is 27.4 Å². The minimum atomic E-state index is -0.206. The molecule has 1 fully saturated rings. The molecule has 160 valence electrons. The molecule has 2 aromatic rings. The van der Waals surface area contributed by atoms with Gasteiger partial charge in [0.2, 0.25) is 5.91 Å². The number of carbonyl (C=O) groups excluding carboxylic acids is 2. The Morgan fingerprint density at radius 3 is 2.47 bits per heavy atom. The van der Waals surface area contributed by atoms with Crippen LogP contribution >= 0.6 is 34.8 Å². The molecule has 0 radical (unpaired) electrons. The zero-order chi connectivity index (χ0) is 21.5. The van der Waals surface area contributed by atoms with Gasteiger partial charge in [-0.3, -0.25) is 14.6 Å². The van der Waals surface area contributed by atoms with E-state index in [9.17, 15) is 9.59 Å². The van der Waals surface area contributed by atoms with Crippen LogP contribution in [0.3, 0.4) is 0 Å². The highest BCUT2D eigenvalue weighted by Gasteiger charge is 2.27. The Morgan fingerprint density at radius 1 is 1.03 bits per heavy atom. The molecule has 0 spiro atoms. The number of amides is 2. The molecule has 6 nitrogen and oxygen atoms in total. The molecule has 1 aromatic carbocycles. The number of hydrogen-bond acceptors (Lipinski definition) is 4. The quantitative estimate of drug-likeness (QED) is 0.628. The maximum Gasteiger partial charge on any atom is 0.258 e. The summed E-state index contributed by atoms with van der Waals surface area (Å²) in [5.41, 5.74) is 0.760. The van der Waals surface area contributed by atoms with Gasteiger partial charge in [0.15, 0.2) is 6.61 Å². The van der Waals surface area contributed by atoms with Crippen molar-refractivity contribution in [3.8, 4) is 5.75 Å². The third-order valence-corrected chi connectivity index (χ3v) is 5.92. The molecule has 2 N–H and O–H groups in total. The van der Waals surface area contributed by atoms with E-state index in [1.54, 1.807) is 36.5 Å². The van der Waals surface area contributed by atoms with Crippen molar-refractivity contribution >= 4 is 46.6 Å². The minimum Gasteiger partial charge on any atom is -0.484 e. The summed E-state index contributed by atoms with van der Waals surface area (Å²) in [6.45, 7) is 0.269. The van der Waals surface area contributed by atoms with Crippen LogP contribution < -0.4 is 15.4 Å². The average molecular weight is 471 g/mol. The Balaban J connectivity index is 1.36. The lowest BCUT2D eigenvalue weighted by Gasteiger charge is -2.28. The number of hydrogen-bond donors (Lipinski definition) is 2. The second-order valence-corrected chi connectivity index (χ2v) is 8.42. The topological polar surface area (TPSA) is 80.3 Å². The molecule has 2 amide bonds. The summed E-state index contributed by atoms with van der Waals surface area (Å²) in [5, 5.41) is 7.24. The van der Waals surface area contributed by atoms with E-state index in [1.807, 2.05) is 0 Å². The molecule has 9 heteroatoms. The average Bonchev–Trinajstić information content (AvgIpc) is 2.74. The first-order valence-electron chi connectivity index (χ1n) is 9.66. The van der Waals surface area contributed by atoms with Crippen molar-refractivity contribution in [1.29, 1.82) is 0 Å². The molecule has 0 saturated heterocycles. The van der Waals surface area contributed by atoms with E-state index in [2.05, 4.69) is 15.6 Å². The summed E-state index contributed by atoms with van der Waals surface area (Å²) in [4.78, 5) is 28.7. The van der Waals surface area contributed by atoms with Crippen LogP contribution in [0, 0.1) is 5.92 Å². The van der Waals surface area contributed by atoms with Gasteiger partial charge in [-0.25, -0.2) is 0 Å². The van der Waals surface area contributed by atoms with Gasteiger partial charge in [-0.15, -0.1) is 0 Å². The van der Waals surface area contributed by atoms with Gasteiger partial charge in [0.25, 0.3) is 5.91 Å². The van der Waals surface area contributed by atoms with E-state index in [0.717, 1.165) is 31.4 Å². The molecule has 30 heavy (non-hydrogen) atoms. The fraction of sp³-hybridized carbons (Fsp3) is 0.381. The third kappa shape index (κ3) is 6.76. The van der Waals surface area contributed by atoms with Gasteiger partial charge in [-0.2, -0.15) is 0 Å². The molecule has 0 atom stereocenters. The molecule has 0 bridgehead atoms. The van der Waals surface area contributed by atoms with Crippen LogP contribution in [0.25, 0.3) is 0 Å². The Hall–Kier alpha value is -2.02. The van der Waals surface area contributed by atoms with Crippen molar-refractivity contribution in [1.82, 2.24) is 15.6 Å². The van der Waals surface area contributed by atoms with Crippen LogP contribution in [0.15, 0.2) is 36.5 Å². The number of aromatic nitrogens is 1. The third-order valence-electron chi connectivity index (χ3n) is 4.96. The van der Waals surface area contributed by atoms with Crippen LogP contribution in [-0.2, 0) is 16.1 Å². The zero-order valence-electron chi connectivity index (χ0n) is 16.2. The number of nitrogens with one attached hydrogen (secondary N) is 2. The van der Waals surface area contributed by atoms with Crippen molar-refractivity contribution in [2.45, 2.75) is 38.3 Å². The molecule has 1 aliphatic rings. The van der Waals surface area contributed by atoms with Crippen molar-refractivity contribution < 1.29 is 14.3 Å². The lowest BCUT2D eigenvalue weighted by Crippen LogP contribution is -2.42. The summed E-state index contributed by atoms with van der Waals surface area (Å²) in [5.74, 6) is 0.232. The standard InChI is InChI=1S/C21H22Cl3N3O3/c22-14-3-6-16(25-10-14)11-26-21(29)13-1-4-15(5-2-13)27-20(28)12-30-17-7-8-18(23)19(24)9-17/h3,6-10,13,15H,1-2,4-5,11-12H2,(H,26,29)(H,27,28)/t13-,15-. The number of carbonyl (C=O) groups is 2. The van der Waals surface area contributed by atoms with E-state index < -0.39 is 0 Å². The van der Waals surface area contributed by atoms with Crippen molar-refractivity contribution in [3.63, 3.8) is 0 Å². The van der Waals surface area contributed by atoms with Gasteiger partial charge in [0.05, 0.1) is 27.3 Å². The number of ether oxygens (including phenoxy) is 1. The fourth-order valence-electron chi connectivity index (χ4n) is 3.32. The smallest absolute Gasteiger partial charge is 0.258 e. The predicted molar refractivity (Wildman–Crippen MR) is 117 cm³/mol. The van der Waals surface area contributed by atoms with Gasteiger partial charge in [-0.1, -0.05) is 34.8 Å². The van der Waals surface area contributed by atoms with E-state index in [1.165, 1.54) is 0 Å². The number of halogens is 3. The molecule has 0 aliphatic heterocycles. The monoisotopic (exact) mass is 469 g/mol. The highest BCUT2D eigenvalue weighted by atomic mass is 35.5. The first kappa shape index (κ1) is 22.7. The van der Waals surface area contributed by atoms with Gasteiger partial charge in [-0.05, 0) is 49.9 Å². The summed E-state index contributed by atoms with van der Waals surface area (Å²) < 4.78 is 5.45. The van der Waals surface area contributed by atoms with Gasteiger partial charge >= 0.3 is 0 Å². The van der Waals surface area contributed by atoms with Crippen LogP contribution in [-0.4, -0.2) is 29.4 Å². The maximum absolute atomic E-state index is 12.4. The number of pyridine rings is 1. The number of benzene rings is 1.